The van der Waals surface area contributed by atoms with E-state index in [9.17, 15) is 0 Å². The van der Waals surface area contributed by atoms with Gasteiger partial charge in [0, 0.05) is 18.8 Å². The molecular formula is C13H17N3. The lowest BCUT2D eigenvalue weighted by atomic mass is 10.1. The van der Waals surface area contributed by atoms with Crippen LogP contribution in [-0.4, -0.2) is 16.2 Å². The fourth-order valence-corrected chi connectivity index (χ4v) is 1.54. The van der Waals surface area contributed by atoms with Crippen LogP contribution in [0.2, 0.25) is 0 Å². The van der Waals surface area contributed by atoms with Gasteiger partial charge in [-0.05, 0) is 17.2 Å². The van der Waals surface area contributed by atoms with Crippen LogP contribution in [0, 0.1) is 0 Å². The average Bonchev–Trinajstić information content (AvgIpc) is 2.80. The molecule has 3 nitrogen and oxygen atoms in total. The Labute approximate surface area is 95.9 Å². The van der Waals surface area contributed by atoms with Crippen molar-refractivity contribution in [2.75, 3.05) is 0 Å². The van der Waals surface area contributed by atoms with Crippen molar-refractivity contribution in [1.82, 2.24) is 15.5 Å². The second-order valence-corrected chi connectivity index (χ2v) is 4.20. The third-order valence-corrected chi connectivity index (χ3v) is 2.48. The number of rotatable bonds is 4. The van der Waals surface area contributed by atoms with Gasteiger partial charge in [0.1, 0.15) is 0 Å². The SMILES string of the molecule is CC(C)NCc1ccc(-c2ccn[nH]2)cc1. The summed E-state index contributed by atoms with van der Waals surface area (Å²) in [6, 6.07) is 11.0. The highest BCUT2D eigenvalue weighted by molar-refractivity contribution is 5.58. The Kier molecular flexibility index (Phi) is 3.37. The van der Waals surface area contributed by atoms with E-state index in [0.717, 1.165) is 12.2 Å². The fraction of sp³-hybridized carbons (Fsp3) is 0.308. The highest BCUT2D eigenvalue weighted by Gasteiger charge is 1.99. The Morgan fingerprint density at radius 3 is 2.50 bits per heavy atom. The molecule has 0 aliphatic carbocycles. The van der Waals surface area contributed by atoms with Crippen LogP contribution >= 0.6 is 0 Å². The summed E-state index contributed by atoms with van der Waals surface area (Å²) in [6.45, 7) is 5.22. The quantitative estimate of drug-likeness (QED) is 0.823. The van der Waals surface area contributed by atoms with E-state index in [1.165, 1.54) is 11.1 Å². The van der Waals surface area contributed by atoms with E-state index < -0.39 is 0 Å². The van der Waals surface area contributed by atoms with Crippen LogP contribution in [0.4, 0.5) is 0 Å². The molecule has 0 spiro atoms. The Bertz CT molecular complexity index is 415. The number of H-pyrrole nitrogens is 1. The third kappa shape index (κ3) is 2.70. The first kappa shape index (κ1) is 10.9. The first-order chi connectivity index (χ1) is 7.75. The summed E-state index contributed by atoms with van der Waals surface area (Å²) >= 11 is 0. The Hall–Kier alpha value is -1.61. The van der Waals surface area contributed by atoms with Crippen LogP contribution in [0.15, 0.2) is 36.5 Å². The van der Waals surface area contributed by atoms with Crippen molar-refractivity contribution < 1.29 is 0 Å². The van der Waals surface area contributed by atoms with E-state index in [-0.39, 0.29) is 0 Å². The average molecular weight is 215 g/mol. The molecule has 0 amide bonds. The Balaban J connectivity index is 2.05. The van der Waals surface area contributed by atoms with Gasteiger partial charge in [0.05, 0.1) is 5.69 Å². The molecule has 0 unspecified atom stereocenters. The van der Waals surface area contributed by atoms with Gasteiger partial charge in [0.15, 0.2) is 0 Å². The predicted molar refractivity (Wildman–Crippen MR) is 66.0 cm³/mol. The van der Waals surface area contributed by atoms with Crippen molar-refractivity contribution >= 4 is 0 Å². The summed E-state index contributed by atoms with van der Waals surface area (Å²) in [7, 11) is 0. The molecule has 2 rings (SSSR count). The van der Waals surface area contributed by atoms with E-state index in [1.54, 1.807) is 6.20 Å². The molecule has 0 saturated carbocycles. The molecule has 0 atom stereocenters. The second kappa shape index (κ2) is 4.94. The molecule has 16 heavy (non-hydrogen) atoms. The van der Waals surface area contributed by atoms with Crippen molar-refractivity contribution in [3.8, 4) is 11.3 Å². The molecule has 3 heteroatoms. The Morgan fingerprint density at radius 2 is 1.94 bits per heavy atom. The molecule has 0 aliphatic heterocycles. The largest absolute Gasteiger partial charge is 0.310 e. The van der Waals surface area contributed by atoms with Crippen molar-refractivity contribution in [3.63, 3.8) is 0 Å². The molecule has 1 aromatic carbocycles. The van der Waals surface area contributed by atoms with Gasteiger partial charge >= 0.3 is 0 Å². The summed E-state index contributed by atoms with van der Waals surface area (Å²) in [5.41, 5.74) is 3.53. The summed E-state index contributed by atoms with van der Waals surface area (Å²) < 4.78 is 0. The normalized spacial score (nSPS) is 10.9. The number of aromatic nitrogens is 2. The summed E-state index contributed by atoms with van der Waals surface area (Å²) in [5.74, 6) is 0. The highest BCUT2D eigenvalue weighted by Crippen LogP contribution is 2.16. The lowest BCUT2D eigenvalue weighted by Crippen LogP contribution is -2.21. The first-order valence-corrected chi connectivity index (χ1v) is 5.58. The second-order valence-electron chi connectivity index (χ2n) is 4.20. The molecule has 0 saturated heterocycles. The number of benzene rings is 1. The van der Waals surface area contributed by atoms with Gasteiger partial charge in [-0.25, -0.2) is 0 Å². The number of hydrogen-bond acceptors (Lipinski definition) is 2. The summed E-state index contributed by atoms with van der Waals surface area (Å²) in [5, 5.41) is 10.3. The maximum absolute atomic E-state index is 3.94. The maximum atomic E-state index is 3.94. The maximum Gasteiger partial charge on any atom is 0.0650 e. The molecule has 0 radical (unpaired) electrons. The zero-order chi connectivity index (χ0) is 11.4. The van der Waals surface area contributed by atoms with Crippen LogP contribution in [-0.2, 0) is 6.54 Å². The molecule has 1 heterocycles. The molecule has 1 aromatic heterocycles. The zero-order valence-corrected chi connectivity index (χ0v) is 9.70. The zero-order valence-electron chi connectivity index (χ0n) is 9.70. The van der Waals surface area contributed by atoms with Crippen LogP contribution in [0.5, 0.6) is 0 Å². The monoisotopic (exact) mass is 215 g/mol. The van der Waals surface area contributed by atoms with Crippen molar-refractivity contribution in [3.05, 3.63) is 42.1 Å². The number of nitrogens with one attached hydrogen (secondary N) is 2. The minimum Gasteiger partial charge on any atom is -0.310 e. The lowest BCUT2D eigenvalue weighted by molar-refractivity contribution is 0.589. The number of hydrogen-bond donors (Lipinski definition) is 2. The Morgan fingerprint density at radius 1 is 1.19 bits per heavy atom. The lowest BCUT2D eigenvalue weighted by Gasteiger charge is -2.08. The highest BCUT2D eigenvalue weighted by atomic mass is 15.1. The standard InChI is InChI=1S/C13H17N3/c1-10(2)14-9-11-3-5-12(6-4-11)13-7-8-15-16-13/h3-8,10,14H,9H2,1-2H3,(H,15,16). The summed E-state index contributed by atoms with van der Waals surface area (Å²) in [6.07, 6.45) is 1.77. The van der Waals surface area contributed by atoms with E-state index in [4.69, 9.17) is 0 Å². The molecule has 84 valence electrons. The van der Waals surface area contributed by atoms with Gasteiger partial charge in [-0.1, -0.05) is 38.1 Å². The number of aromatic amines is 1. The van der Waals surface area contributed by atoms with Gasteiger partial charge < -0.3 is 5.32 Å². The third-order valence-electron chi connectivity index (χ3n) is 2.48. The van der Waals surface area contributed by atoms with Crippen molar-refractivity contribution in [2.45, 2.75) is 26.4 Å². The minimum absolute atomic E-state index is 0.521. The van der Waals surface area contributed by atoms with Crippen LogP contribution < -0.4 is 5.32 Å². The number of nitrogens with zero attached hydrogens (tertiary/aromatic N) is 1. The molecule has 0 bridgehead atoms. The van der Waals surface area contributed by atoms with Gasteiger partial charge in [0.25, 0.3) is 0 Å². The molecule has 2 N–H and O–H groups in total. The van der Waals surface area contributed by atoms with E-state index >= 15 is 0 Å². The van der Waals surface area contributed by atoms with Crippen molar-refractivity contribution in [1.29, 1.82) is 0 Å². The van der Waals surface area contributed by atoms with E-state index in [0.29, 0.717) is 6.04 Å². The van der Waals surface area contributed by atoms with Gasteiger partial charge in [-0.2, -0.15) is 5.10 Å². The minimum atomic E-state index is 0.521. The first-order valence-electron chi connectivity index (χ1n) is 5.58. The topological polar surface area (TPSA) is 40.7 Å². The fourth-order valence-electron chi connectivity index (χ4n) is 1.54. The van der Waals surface area contributed by atoms with Gasteiger partial charge in [-0.15, -0.1) is 0 Å². The molecule has 0 fully saturated rings. The smallest absolute Gasteiger partial charge is 0.0650 e. The van der Waals surface area contributed by atoms with E-state index in [1.807, 2.05) is 6.07 Å². The van der Waals surface area contributed by atoms with Crippen molar-refractivity contribution in [2.24, 2.45) is 0 Å². The van der Waals surface area contributed by atoms with Crippen LogP contribution in [0.3, 0.4) is 0 Å². The van der Waals surface area contributed by atoms with E-state index in [2.05, 4.69) is 53.6 Å². The molecular weight excluding hydrogens is 198 g/mol. The molecule has 2 aromatic rings. The van der Waals surface area contributed by atoms with Gasteiger partial charge in [0.2, 0.25) is 0 Å². The van der Waals surface area contributed by atoms with Gasteiger partial charge in [-0.3, -0.25) is 5.10 Å². The summed E-state index contributed by atoms with van der Waals surface area (Å²) in [4.78, 5) is 0. The van der Waals surface area contributed by atoms with Crippen LogP contribution in [0.25, 0.3) is 11.3 Å². The van der Waals surface area contributed by atoms with Crippen LogP contribution in [0.1, 0.15) is 19.4 Å². The molecule has 0 aliphatic rings. The predicted octanol–water partition coefficient (Wildman–Crippen LogP) is 2.57.